The Hall–Kier alpha value is -2.05. The molecule has 0 aliphatic rings. The standard InChI is InChI=1S/C13H10ClN3/c1-9-4-5-11(10(14)7-9)17-12-3-2-6-16-13(12)8-15/h2-7,17H,1H3. The molecular weight excluding hydrogens is 234 g/mol. The molecule has 0 aliphatic heterocycles. The fourth-order valence-corrected chi connectivity index (χ4v) is 1.74. The number of hydrogen-bond acceptors (Lipinski definition) is 3. The second kappa shape index (κ2) is 4.86. The molecule has 17 heavy (non-hydrogen) atoms. The van der Waals surface area contributed by atoms with E-state index in [9.17, 15) is 0 Å². The third-order valence-electron chi connectivity index (χ3n) is 2.31. The summed E-state index contributed by atoms with van der Waals surface area (Å²) in [6, 6.07) is 11.3. The van der Waals surface area contributed by atoms with E-state index in [0.29, 0.717) is 16.4 Å². The second-order valence-electron chi connectivity index (χ2n) is 3.62. The van der Waals surface area contributed by atoms with Gasteiger partial charge in [0.15, 0.2) is 5.69 Å². The van der Waals surface area contributed by atoms with Crippen LogP contribution in [-0.4, -0.2) is 4.98 Å². The highest BCUT2D eigenvalue weighted by Gasteiger charge is 2.05. The highest BCUT2D eigenvalue weighted by molar-refractivity contribution is 6.33. The summed E-state index contributed by atoms with van der Waals surface area (Å²) in [5.74, 6) is 0. The van der Waals surface area contributed by atoms with Crippen LogP contribution in [-0.2, 0) is 0 Å². The monoisotopic (exact) mass is 243 g/mol. The van der Waals surface area contributed by atoms with Crippen LogP contribution in [0.5, 0.6) is 0 Å². The van der Waals surface area contributed by atoms with Crippen molar-refractivity contribution in [3.8, 4) is 6.07 Å². The molecule has 0 radical (unpaired) electrons. The predicted octanol–water partition coefficient (Wildman–Crippen LogP) is 3.66. The lowest BCUT2D eigenvalue weighted by molar-refractivity contribution is 1.26. The molecule has 0 amide bonds. The summed E-state index contributed by atoms with van der Waals surface area (Å²) in [6.07, 6.45) is 1.58. The number of halogens is 1. The van der Waals surface area contributed by atoms with Crippen molar-refractivity contribution in [3.63, 3.8) is 0 Å². The third-order valence-corrected chi connectivity index (χ3v) is 2.62. The molecule has 0 spiro atoms. The lowest BCUT2D eigenvalue weighted by Crippen LogP contribution is -1.96. The van der Waals surface area contributed by atoms with Gasteiger partial charge in [-0.1, -0.05) is 17.7 Å². The molecule has 0 unspecified atom stereocenters. The number of nitriles is 1. The average molecular weight is 244 g/mol. The van der Waals surface area contributed by atoms with Gasteiger partial charge in [-0.15, -0.1) is 0 Å². The van der Waals surface area contributed by atoms with Crippen molar-refractivity contribution >= 4 is 23.0 Å². The van der Waals surface area contributed by atoms with Gasteiger partial charge in [-0.25, -0.2) is 4.98 Å². The van der Waals surface area contributed by atoms with Gasteiger partial charge in [0.25, 0.3) is 0 Å². The van der Waals surface area contributed by atoms with E-state index in [1.54, 1.807) is 18.3 Å². The van der Waals surface area contributed by atoms with Crippen LogP contribution in [0.15, 0.2) is 36.5 Å². The first kappa shape index (κ1) is 11.4. The van der Waals surface area contributed by atoms with Gasteiger partial charge in [0.1, 0.15) is 6.07 Å². The van der Waals surface area contributed by atoms with Gasteiger partial charge in [0.05, 0.1) is 16.4 Å². The molecular formula is C13H10ClN3. The lowest BCUT2D eigenvalue weighted by Gasteiger charge is -2.09. The number of nitrogens with one attached hydrogen (secondary N) is 1. The van der Waals surface area contributed by atoms with Crippen LogP contribution >= 0.6 is 11.6 Å². The topological polar surface area (TPSA) is 48.7 Å². The molecule has 2 rings (SSSR count). The van der Waals surface area contributed by atoms with Crippen molar-refractivity contribution in [3.05, 3.63) is 52.8 Å². The van der Waals surface area contributed by atoms with Gasteiger partial charge in [-0.2, -0.15) is 5.26 Å². The fourth-order valence-electron chi connectivity index (χ4n) is 1.46. The minimum atomic E-state index is 0.351. The highest BCUT2D eigenvalue weighted by Crippen LogP contribution is 2.27. The van der Waals surface area contributed by atoms with Gasteiger partial charge in [-0.05, 0) is 36.8 Å². The van der Waals surface area contributed by atoms with E-state index < -0.39 is 0 Å². The Bertz CT molecular complexity index is 587. The van der Waals surface area contributed by atoms with Crippen LogP contribution in [0, 0.1) is 18.3 Å². The van der Waals surface area contributed by atoms with Crippen molar-refractivity contribution < 1.29 is 0 Å². The third kappa shape index (κ3) is 2.55. The zero-order chi connectivity index (χ0) is 12.3. The summed E-state index contributed by atoms with van der Waals surface area (Å²) in [7, 11) is 0. The predicted molar refractivity (Wildman–Crippen MR) is 68.4 cm³/mol. The second-order valence-corrected chi connectivity index (χ2v) is 4.03. The first-order chi connectivity index (χ1) is 8.20. The molecule has 0 fully saturated rings. The maximum absolute atomic E-state index is 8.92. The first-order valence-electron chi connectivity index (χ1n) is 5.09. The Morgan fingerprint density at radius 1 is 1.29 bits per heavy atom. The number of hydrogen-bond donors (Lipinski definition) is 1. The van der Waals surface area contributed by atoms with E-state index in [4.69, 9.17) is 16.9 Å². The van der Waals surface area contributed by atoms with Crippen molar-refractivity contribution in [1.29, 1.82) is 5.26 Å². The van der Waals surface area contributed by atoms with E-state index in [1.807, 2.05) is 31.2 Å². The molecule has 3 nitrogen and oxygen atoms in total. The molecule has 0 saturated carbocycles. The highest BCUT2D eigenvalue weighted by atomic mass is 35.5. The van der Waals surface area contributed by atoms with Gasteiger partial charge >= 0.3 is 0 Å². The summed E-state index contributed by atoms with van der Waals surface area (Å²) in [6.45, 7) is 1.97. The van der Waals surface area contributed by atoms with Crippen molar-refractivity contribution in [2.24, 2.45) is 0 Å². The van der Waals surface area contributed by atoms with E-state index >= 15 is 0 Å². The molecule has 1 aromatic carbocycles. The van der Waals surface area contributed by atoms with Crippen LogP contribution in [0.25, 0.3) is 0 Å². The molecule has 0 atom stereocenters. The zero-order valence-electron chi connectivity index (χ0n) is 9.24. The number of aromatic nitrogens is 1. The van der Waals surface area contributed by atoms with Crippen molar-refractivity contribution in [2.75, 3.05) is 5.32 Å². The van der Waals surface area contributed by atoms with E-state index in [1.165, 1.54) is 0 Å². The normalized spacial score (nSPS) is 9.71. The maximum atomic E-state index is 8.92. The molecule has 0 aliphatic carbocycles. The van der Waals surface area contributed by atoms with Gasteiger partial charge in [-0.3, -0.25) is 0 Å². The Kier molecular flexibility index (Phi) is 3.27. The van der Waals surface area contributed by atoms with Crippen LogP contribution in [0.3, 0.4) is 0 Å². The summed E-state index contributed by atoms with van der Waals surface area (Å²) in [4.78, 5) is 3.97. The minimum Gasteiger partial charge on any atom is -0.352 e. The van der Waals surface area contributed by atoms with Crippen LogP contribution in [0.4, 0.5) is 11.4 Å². The van der Waals surface area contributed by atoms with Crippen LogP contribution in [0.2, 0.25) is 5.02 Å². The number of nitrogens with zero attached hydrogens (tertiary/aromatic N) is 2. The summed E-state index contributed by atoms with van der Waals surface area (Å²) in [5, 5.41) is 12.6. The molecule has 0 bridgehead atoms. The Morgan fingerprint density at radius 2 is 2.12 bits per heavy atom. The quantitative estimate of drug-likeness (QED) is 0.876. The van der Waals surface area contributed by atoms with Crippen LogP contribution in [0.1, 0.15) is 11.3 Å². The van der Waals surface area contributed by atoms with Crippen molar-refractivity contribution in [1.82, 2.24) is 4.98 Å². The van der Waals surface area contributed by atoms with Crippen molar-refractivity contribution in [2.45, 2.75) is 6.92 Å². The Labute approximate surface area is 105 Å². The summed E-state index contributed by atoms with van der Waals surface area (Å²) >= 11 is 6.11. The van der Waals surface area contributed by atoms with Crippen LogP contribution < -0.4 is 5.32 Å². The number of benzene rings is 1. The molecule has 1 N–H and O–H groups in total. The minimum absolute atomic E-state index is 0.351. The fraction of sp³-hybridized carbons (Fsp3) is 0.0769. The SMILES string of the molecule is Cc1ccc(Nc2cccnc2C#N)c(Cl)c1. The molecule has 4 heteroatoms. The number of aryl methyl sites for hydroxylation is 1. The number of pyridine rings is 1. The van der Waals surface area contributed by atoms with Gasteiger partial charge < -0.3 is 5.32 Å². The zero-order valence-corrected chi connectivity index (χ0v) is 9.99. The largest absolute Gasteiger partial charge is 0.352 e. The smallest absolute Gasteiger partial charge is 0.163 e. The van der Waals surface area contributed by atoms with Gasteiger partial charge in [0, 0.05) is 6.20 Å². The van der Waals surface area contributed by atoms with E-state index in [-0.39, 0.29) is 0 Å². The Balaban J connectivity index is 2.35. The average Bonchev–Trinajstić information content (AvgIpc) is 2.33. The van der Waals surface area contributed by atoms with Gasteiger partial charge in [0.2, 0.25) is 0 Å². The maximum Gasteiger partial charge on any atom is 0.163 e. The molecule has 84 valence electrons. The lowest BCUT2D eigenvalue weighted by atomic mass is 10.2. The first-order valence-corrected chi connectivity index (χ1v) is 5.47. The summed E-state index contributed by atoms with van der Waals surface area (Å²) in [5.41, 5.74) is 2.86. The summed E-state index contributed by atoms with van der Waals surface area (Å²) < 4.78 is 0. The number of rotatable bonds is 2. The molecule has 0 saturated heterocycles. The molecule has 1 aromatic heterocycles. The molecule has 2 aromatic rings. The number of anilines is 2. The Morgan fingerprint density at radius 3 is 2.82 bits per heavy atom. The van der Waals surface area contributed by atoms with E-state index in [0.717, 1.165) is 11.3 Å². The molecule has 1 heterocycles. The van der Waals surface area contributed by atoms with E-state index in [2.05, 4.69) is 10.3 Å².